The van der Waals surface area contributed by atoms with Crippen molar-refractivity contribution in [2.75, 3.05) is 24.9 Å². The third kappa shape index (κ3) is 7.84. The number of esters is 2. The van der Waals surface area contributed by atoms with Crippen molar-refractivity contribution >= 4 is 64.1 Å². The average Bonchev–Trinajstić information content (AvgIpc) is 3.38. The van der Waals surface area contributed by atoms with E-state index < -0.39 is 41.8 Å². The number of hydrogen-bond donors (Lipinski definition) is 2. The molecule has 2 heterocycles. The highest BCUT2D eigenvalue weighted by atomic mass is 32.1. The summed E-state index contributed by atoms with van der Waals surface area (Å²) in [6, 6.07) is 2.16. The number of alkyl halides is 6. The summed E-state index contributed by atoms with van der Waals surface area (Å²) in [5.41, 5.74) is -0.615. The zero-order chi connectivity index (χ0) is 26.3. The molecule has 0 fully saturated rings. The van der Waals surface area contributed by atoms with Gasteiger partial charge in [0, 0.05) is 0 Å². The number of anilines is 2. The van der Waals surface area contributed by atoms with Crippen LogP contribution in [0.1, 0.15) is 29.0 Å². The highest BCUT2D eigenvalue weighted by molar-refractivity contribution is 7.16. The van der Waals surface area contributed by atoms with Crippen LogP contribution in [-0.4, -0.2) is 56.6 Å². The molecule has 186 valence electrons. The number of aldehydes is 1. The molecule has 0 radical (unpaired) electrons. The van der Waals surface area contributed by atoms with Crippen molar-refractivity contribution in [2.24, 2.45) is 0 Å². The van der Waals surface area contributed by atoms with Gasteiger partial charge in [-0.25, -0.2) is 9.59 Å². The fraction of sp³-hybridized carbons (Fsp3) is 0.235. The Hall–Kier alpha value is -3.47. The van der Waals surface area contributed by atoms with Gasteiger partial charge in [-0.15, -0.1) is 22.7 Å². The van der Waals surface area contributed by atoms with Crippen LogP contribution in [0.3, 0.4) is 0 Å². The number of carbonyl (C=O) groups is 5. The van der Waals surface area contributed by atoms with Crippen LogP contribution in [0, 0.1) is 0 Å². The van der Waals surface area contributed by atoms with Crippen molar-refractivity contribution in [3.8, 4) is 0 Å². The number of halogens is 6. The maximum absolute atomic E-state index is 12.0. The Bertz CT molecular complexity index is 1080. The van der Waals surface area contributed by atoms with Gasteiger partial charge in [0.25, 0.3) is 0 Å². The number of ether oxygens (including phenoxy) is 2. The molecule has 0 aliphatic heterocycles. The monoisotopic (exact) mass is 534 g/mol. The second-order valence-corrected chi connectivity index (χ2v) is 7.56. The van der Waals surface area contributed by atoms with Crippen LogP contribution in [0.5, 0.6) is 0 Å². The number of rotatable bonds is 5. The first-order chi connectivity index (χ1) is 15.6. The predicted molar refractivity (Wildman–Crippen MR) is 106 cm³/mol. The van der Waals surface area contributed by atoms with E-state index in [1.165, 1.54) is 16.8 Å². The van der Waals surface area contributed by atoms with Crippen LogP contribution in [0.25, 0.3) is 0 Å². The minimum atomic E-state index is -5.09. The highest BCUT2D eigenvalue weighted by Crippen LogP contribution is 2.29. The topological polar surface area (TPSA) is 128 Å². The van der Waals surface area contributed by atoms with Gasteiger partial charge in [0.1, 0.15) is 9.75 Å². The lowest BCUT2D eigenvalue weighted by Gasteiger charge is -2.07. The van der Waals surface area contributed by atoms with Crippen LogP contribution in [0.2, 0.25) is 0 Å². The molecule has 2 aromatic rings. The first-order valence-corrected chi connectivity index (χ1v) is 9.94. The number of hydrogen-bond acceptors (Lipinski definition) is 9. The molecule has 0 saturated carbocycles. The number of methoxy groups -OCH3 is 2. The van der Waals surface area contributed by atoms with Gasteiger partial charge in [-0.05, 0) is 17.5 Å². The van der Waals surface area contributed by atoms with Crippen LogP contribution in [-0.2, 0) is 19.1 Å². The van der Waals surface area contributed by atoms with E-state index >= 15 is 0 Å². The molecule has 2 N–H and O–H groups in total. The highest BCUT2D eigenvalue weighted by Gasteiger charge is 2.40. The van der Waals surface area contributed by atoms with E-state index in [0.717, 1.165) is 31.6 Å². The van der Waals surface area contributed by atoms with Gasteiger partial charge in [-0.2, -0.15) is 26.3 Å². The molecule has 0 atom stereocenters. The summed E-state index contributed by atoms with van der Waals surface area (Å²) in [5.74, 6) is -6.10. The Morgan fingerprint density at radius 3 is 1.76 bits per heavy atom. The number of carbonyl (C=O) groups excluding carboxylic acids is 5. The summed E-state index contributed by atoms with van der Waals surface area (Å²) < 4.78 is 80.6. The van der Waals surface area contributed by atoms with Gasteiger partial charge in [0.15, 0.2) is 6.29 Å². The predicted octanol–water partition coefficient (Wildman–Crippen LogP) is 3.88. The normalized spacial score (nSPS) is 10.9. The average molecular weight is 534 g/mol. The lowest BCUT2D eigenvalue weighted by atomic mass is 10.3. The summed E-state index contributed by atoms with van der Waals surface area (Å²) in [7, 11) is 2.12. The van der Waals surface area contributed by atoms with E-state index in [4.69, 9.17) is 0 Å². The molecule has 2 rings (SSSR count). The summed E-state index contributed by atoms with van der Waals surface area (Å²) in [6.07, 6.45) is -9.73. The van der Waals surface area contributed by atoms with Crippen LogP contribution >= 0.6 is 22.7 Å². The molecular weight excluding hydrogens is 522 g/mol. The third-order valence-electron chi connectivity index (χ3n) is 3.29. The van der Waals surface area contributed by atoms with Crippen molar-refractivity contribution in [3.05, 3.63) is 32.1 Å². The molecule has 2 aromatic heterocycles. The number of amides is 2. The molecular formula is C17H12F6N2O7S2. The van der Waals surface area contributed by atoms with Crippen molar-refractivity contribution < 1.29 is 59.8 Å². The fourth-order valence-corrected chi connectivity index (χ4v) is 3.46. The van der Waals surface area contributed by atoms with Gasteiger partial charge >= 0.3 is 36.1 Å². The second-order valence-electron chi connectivity index (χ2n) is 5.56. The zero-order valence-electron chi connectivity index (χ0n) is 16.8. The van der Waals surface area contributed by atoms with Crippen LogP contribution in [0.15, 0.2) is 17.5 Å². The summed E-state index contributed by atoms with van der Waals surface area (Å²) in [6.45, 7) is 0. The van der Waals surface area contributed by atoms with Crippen LogP contribution < -0.4 is 10.6 Å². The molecule has 0 bridgehead atoms. The minimum absolute atomic E-state index is 0.00660. The molecule has 0 unspecified atom stereocenters. The van der Waals surface area contributed by atoms with E-state index in [-0.39, 0.29) is 20.3 Å². The number of thiophene rings is 2. The lowest BCUT2D eigenvalue weighted by molar-refractivity contribution is -0.167. The molecule has 0 aliphatic rings. The largest absolute Gasteiger partial charge is 0.471 e. The summed E-state index contributed by atoms with van der Waals surface area (Å²) in [5, 5.41) is 4.47. The fourth-order valence-electron chi connectivity index (χ4n) is 1.85. The van der Waals surface area contributed by atoms with Gasteiger partial charge in [0.05, 0.1) is 30.5 Å². The van der Waals surface area contributed by atoms with Crippen molar-refractivity contribution in [2.45, 2.75) is 12.4 Å². The molecule has 9 nitrogen and oxygen atoms in total. The lowest BCUT2D eigenvalue weighted by Crippen LogP contribution is -2.30. The summed E-state index contributed by atoms with van der Waals surface area (Å²) >= 11 is 1.50. The van der Waals surface area contributed by atoms with Gasteiger partial charge < -0.3 is 20.1 Å². The Labute approximate surface area is 193 Å². The Morgan fingerprint density at radius 2 is 1.32 bits per heavy atom. The van der Waals surface area contributed by atoms with E-state index in [9.17, 15) is 50.3 Å². The Balaban J connectivity index is 0.000000342. The first kappa shape index (κ1) is 28.6. The van der Waals surface area contributed by atoms with Crippen LogP contribution in [0.4, 0.5) is 37.7 Å². The first-order valence-electron chi connectivity index (χ1n) is 8.25. The SMILES string of the molecule is COC(=O)c1sc(C=O)cc1NC(=O)C(F)(F)F.COC(=O)c1sccc1NC(=O)C(F)(F)F. The maximum Gasteiger partial charge on any atom is 0.471 e. The minimum Gasteiger partial charge on any atom is -0.465 e. The summed E-state index contributed by atoms with van der Waals surface area (Å²) in [4.78, 5) is 53.8. The van der Waals surface area contributed by atoms with Crippen molar-refractivity contribution in [1.82, 2.24) is 0 Å². The molecule has 0 saturated heterocycles. The quantitative estimate of drug-likeness (QED) is 0.339. The van der Waals surface area contributed by atoms with E-state index in [0.29, 0.717) is 17.6 Å². The smallest absolute Gasteiger partial charge is 0.465 e. The molecule has 34 heavy (non-hydrogen) atoms. The van der Waals surface area contributed by atoms with Gasteiger partial charge in [0.2, 0.25) is 0 Å². The molecule has 0 aromatic carbocycles. The molecule has 0 spiro atoms. The Morgan fingerprint density at radius 1 is 0.853 bits per heavy atom. The maximum atomic E-state index is 12.0. The van der Waals surface area contributed by atoms with Crippen molar-refractivity contribution in [3.63, 3.8) is 0 Å². The van der Waals surface area contributed by atoms with E-state index in [1.807, 2.05) is 0 Å². The molecule has 0 aliphatic carbocycles. The van der Waals surface area contributed by atoms with Gasteiger partial charge in [-0.1, -0.05) is 0 Å². The second kappa shape index (κ2) is 11.6. The number of nitrogens with one attached hydrogen (secondary N) is 2. The van der Waals surface area contributed by atoms with Crippen molar-refractivity contribution in [1.29, 1.82) is 0 Å². The Kier molecular flexibility index (Phi) is 9.74. The van der Waals surface area contributed by atoms with E-state index in [2.05, 4.69) is 9.47 Å². The van der Waals surface area contributed by atoms with Gasteiger partial charge in [-0.3, -0.25) is 14.4 Å². The molecule has 2 amide bonds. The zero-order valence-corrected chi connectivity index (χ0v) is 18.4. The standard InChI is InChI=1S/C9H6F3NO4S.C8H6F3NO3S/c1-17-7(15)6-5(2-4(3-14)18-6)13-8(16)9(10,11)12;1-15-6(13)5-4(2-3-16-5)12-7(14)8(9,10)11/h2-3H,1H3,(H,13,16);2-3H,1H3,(H,12,14). The molecule has 17 heteroatoms. The van der Waals surface area contributed by atoms with E-state index in [1.54, 1.807) is 5.32 Å². The third-order valence-corrected chi connectivity index (χ3v) is 5.22.